The number of hydrogen-bond donors (Lipinski definition) is 3. The molecule has 0 saturated carbocycles. The van der Waals surface area contributed by atoms with E-state index in [9.17, 15) is 19.8 Å². The average Bonchev–Trinajstić information content (AvgIpc) is 3.41. The highest BCUT2D eigenvalue weighted by molar-refractivity contribution is 9.10. The number of nitrogen functional groups attached to an aromatic ring is 1. The first-order chi connectivity index (χ1) is 17.6. The molecular formula is C27H25BrN4O4S. The van der Waals surface area contributed by atoms with Gasteiger partial charge in [-0.1, -0.05) is 45.8 Å². The minimum absolute atomic E-state index is 0.233. The molecule has 8 nitrogen and oxygen atoms in total. The minimum atomic E-state index is -2.41. The molecule has 1 atom stereocenters. The van der Waals surface area contributed by atoms with Crippen molar-refractivity contribution >= 4 is 49.9 Å². The second-order valence-electron chi connectivity index (χ2n) is 8.90. The van der Waals surface area contributed by atoms with Crippen LogP contribution >= 0.6 is 27.3 Å². The number of thiophene rings is 1. The van der Waals surface area contributed by atoms with E-state index in [-0.39, 0.29) is 12.0 Å². The number of hydrazone groups is 1. The number of carbonyl (C=O) groups is 2. The number of fused-ring (bicyclic) bond motifs is 1. The first kappa shape index (κ1) is 26.5. The molecule has 1 amide bonds. The zero-order valence-corrected chi connectivity index (χ0v) is 22.5. The van der Waals surface area contributed by atoms with Crippen LogP contribution in [-0.2, 0) is 17.6 Å². The van der Waals surface area contributed by atoms with Crippen molar-refractivity contribution in [1.82, 2.24) is 5.01 Å². The molecule has 1 aromatic heterocycles. The molecule has 0 spiro atoms. The second-order valence-corrected chi connectivity index (χ2v) is 10.9. The Balaban J connectivity index is 0.000000222. The largest absolute Gasteiger partial charge is 0.478 e. The molecule has 0 bridgehead atoms. The van der Waals surface area contributed by atoms with Crippen molar-refractivity contribution in [2.24, 2.45) is 5.10 Å². The van der Waals surface area contributed by atoms with Gasteiger partial charge in [-0.05, 0) is 68.0 Å². The Morgan fingerprint density at radius 1 is 1.14 bits per heavy atom. The van der Waals surface area contributed by atoms with Gasteiger partial charge in [0.05, 0.1) is 17.7 Å². The molecule has 2 heterocycles. The smallest absolute Gasteiger partial charge is 0.359 e. The fourth-order valence-electron chi connectivity index (χ4n) is 4.26. The molecule has 5 rings (SSSR count). The number of nitrogens with two attached hydrogens (primary N) is 1. The molecule has 1 aliphatic carbocycles. The van der Waals surface area contributed by atoms with Gasteiger partial charge in [-0.3, -0.25) is 4.79 Å². The summed E-state index contributed by atoms with van der Waals surface area (Å²) in [5, 5.41) is 34.4. The van der Waals surface area contributed by atoms with Crippen LogP contribution in [0.2, 0.25) is 0 Å². The molecule has 1 aliphatic heterocycles. The van der Waals surface area contributed by atoms with Gasteiger partial charge in [0.1, 0.15) is 11.1 Å². The summed E-state index contributed by atoms with van der Waals surface area (Å²) in [6, 6.07) is 15.9. The normalized spacial score (nSPS) is 18.2. The topological polar surface area (TPSA) is 140 Å². The molecule has 4 N–H and O–H groups in total. The van der Waals surface area contributed by atoms with Crippen molar-refractivity contribution in [1.29, 1.82) is 5.26 Å². The van der Waals surface area contributed by atoms with Gasteiger partial charge in [0.25, 0.3) is 11.6 Å². The number of aliphatic hydroxyl groups is 1. The molecule has 2 aromatic carbocycles. The Morgan fingerprint density at radius 2 is 1.78 bits per heavy atom. The van der Waals surface area contributed by atoms with E-state index in [0.29, 0.717) is 21.3 Å². The summed E-state index contributed by atoms with van der Waals surface area (Å²) in [6.07, 6.45) is 4.33. The van der Waals surface area contributed by atoms with Gasteiger partial charge in [0.15, 0.2) is 0 Å². The standard InChI is InChI=1S/C18H15BrN2O4.C9H10N2S/c1-11-2-4-12(5-3-11)15-10-18(25,17(23)24)21(20-15)16(22)13-6-8-14(19)9-7-13;10-5-7-6-3-1-2-4-8(6)12-9(7)11/h2-9,25H,10H2,1H3,(H,23,24);1-4,11H2. The number of aliphatic carboxylic acids is 1. The Kier molecular flexibility index (Phi) is 7.78. The van der Waals surface area contributed by atoms with Gasteiger partial charge in [-0.15, -0.1) is 11.3 Å². The molecule has 37 heavy (non-hydrogen) atoms. The fourth-order valence-corrected chi connectivity index (χ4v) is 5.63. The first-order valence-electron chi connectivity index (χ1n) is 11.6. The quantitative estimate of drug-likeness (QED) is 0.404. The highest BCUT2D eigenvalue weighted by Gasteiger charge is 2.51. The fraction of sp³-hybridized carbons (Fsp3) is 0.259. The second kappa shape index (κ2) is 10.8. The summed E-state index contributed by atoms with van der Waals surface area (Å²) in [6.45, 7) is 1.93. The predicted octanol–water partition coefficient (Wildman–Crippen LogP) is 4.86. The summed E-state index contributed by atoms with van der Waals surface area (Å²) in [7, 11) is 0. The van der Waals surface area contributed by atoms with Crippen molar-refractivity contribution in [3.63, 3.8) is 0 Å². The number of nitrogens with zero attached hydrogens (tertiary/aromatic N) is 3. The van der Waals surface area contributed by atoms with Crippen LogP contribution in [0.5, 0.6) is 0 Å². The number of hydrogen-bond acceptors (Lipinski definition) is 7. The van der Waals surface area contributed by atoms with Crippen molar-refractivity contribution in [3.8, 4) is 6.07 Å². The lowest BCUT2D eigenvalue weighted by Crippen LogP contribution is -2.52. The third-order valence-corrected chi connectivity index (χ3v) is 7.96. The van der Waals surface area contributed by atoms with Gasteiger partial charge in [0.2, 0.25) is 0 Å². The number of anilines is 1. The van der Waals surface area contributed by atoms with Gasteiger partial charge >= 0.3 is 5.97 Å². The molecule has 3 aromatic rings. The third-order valence-electron chi connectivity index (χ3n) is 6.31. The highest BCUT2D eigenvalue weighted by Crippen LogP contribution is 2.35. The molecule has 0 fully saturated rings. The van der Waals surface area contributed by atoms with E-state index in [1.807, 2.05) is 19.1 Å². The molecular weight excluding hydrogens is 556 g/mol. The average molecular weight is 581 g/mol. The Labute approximate surface area is 226 Å². The van der Waals surface area contributed by atoms with Gasteiger partial charge in [-0.2, -0.15) is 15.4 Å². The van der Waals surface area contributed by atoms with E-state index in [1.165, 1.54) is 35.4 Å². The van der Waals surface area contributed by atoms with Gasteiger partial charge in [-0.25, -0.2) is 4.79 Å². The number of amides is 1. The number of carbonyl (C=O) groups excluding carboxylic acids is 1. The Bertz CT molecular complexity index is 1410. The van der Waals surface area contributed by atoms with Crippen LogP contribution in [0.15, 0.2) is 58.1 Å². The summed E-state index contributed by atoms with van der Waals surface area (Å²) in [4.78, 5) is 25.7. The van der Waals surface area contributed by atoms with Crippen LogP contribution in [0.3, 0.4) is 0 Å². The van der Waals surface area contributed by atoms with E-state index in [1.54, 1.807) is 35.6 Å². The van der Waals surface area contributed by atoms with E-state index < -0.39 is 17.6 Å². The maximum absolute atomic E-state index is 12.7. The molecule has 1 unspecified atom stereocenters. The number of aryl methyl sites for hydroxylation is 2. The van der Waals surface area contributed by atoms with Crippen LogP contribution in [0.25, 0.3) is 0 Å². The number of rotatable bonds is 3. The van der Waals surface area contributed by atoms with E-state index in [4.69, 9.17) is 11.0 Å². The van der Waals surface area contributed by atoms with Crippen molar-refractivity contribution in [2.75, 3.05) is 5.73 Å². The van der Waals surface area contributed by atoms with E-state index in [2.05, 4.69) is 27.1 Å². The van der Waals surface area contributed by atoms with Crippen LogP contribution in [0.4, 0.5) is 5.00 Å². The lowest BCUT2D eigenvalue weighted by molar-refractivity contribution is -0.173. The lowest BCUT2D eigenvalue weighted by atomic mass is 9.96. The highest BCUT2D eigenvalue weighted by atomic mass is 79.9. The summed E-state index contributed by atoms with van der Waals surface area (Å²) < 4.78 is 0.780. The lowest BCUT2D eigenvalue weighted by Gasteiger charge is -2.26. The number of benzene rings is 2. The number of carboxylic acids is 1. The van der Waals surface area contributed by atoms with Crippen LogP contribution in [0, 0.1) is 18.3 Å². The molecule has 10 heteroatoms. The van der Waals surface area contributed by atoms with Crippen molar-refractivity contribution < 1.29 is 19.8 Å². The van der Waals surface area contributed by atoms with Gasteiger partial charge in [0, 0.05) is 14.9 Å². The number of halogens is 1. The van der Waals surface area contributed by atoms with Crippen LogP contribution in [0.1, 0.15) is 56.8 Å². The van der Waals surface area contributed by atoms with Crippen LogP contribution in [-0.4, -0.2) is 38.5 Å². The molecule has 2 aliphatic rings. The maximum atomic E-state index is 12.7. The predicted molar refractivity (Wildman–Crippen MR) is 145 cm³/mol. The first-order valence-corrected chi connectivity index (χ1v) is 13.3. The van der Waals surface area contributed by atoms with E-state index >= 15 is 0 Å². The third kappa shape index (κ3) is 5.44. The Morgan fingerprint density at radius 3 is 2.41 bits per heavy atom. The zero-order valence-electron chi connectivity index (χ0n) is 20.1. The van der Waals surface area contributed by atoms with E-state index in [0.717, 1.165) is 28.4 Å². The zero-order chi connectivity index (χ0) is 26.7. The Hall–Kier alpha value is -3.52. The van der Waals surface area contributed by atoms with Gasteiger partial charge < -0.3 is 15.9 Å². The SMILES string of the molecule is Cc1ccc(C2=NN(C(=O)c3ccc(Br)cc3)C(O)(C(=O)O)C2)cc1.N#Cc1c(N)sc2c1CCCC2. The summed E-state index contributed by atoms with van der Waals surface area (Å²) >= 11 is 4.87. The number of nitriles is 1. The minimum Gasteiger partial charge on any atom is -0.478 e. The van der Waals surface area contributed by atoms with Crippen molar-refractivity contribution in [2.45, 2.75) is 44.8 Å². The van der Waals surface area contributed by atoms with Crippen molar-refractivity contribution in [3.05, 3.63) is 85.7 Å². The maximum Gasteiger partial charge on any atom is 0.359 e. The molecule has 190 valence electrons. The summed E-state index contributed by atoms with van der Waals surface area (Å²) in [5.74, 6) is -2.21. The monoisotopic (exact) mass is 580 g/mol. The molecule has 0 saturated heterocycles. The van der Waals surface area contributed by atoms with Crippen LogP contribution < -0.4 is 5.73 Å². The number of carboxylic acid groups (broad SMARTS) is 1. The summed E-state index contributed by atoms with van der Waals surface area (Å²) in [5.41, 5.74) is 7.57. The molecule has 0 radical (unpaired) electrons.